The van der Waals surface area contributed by atoms with Gasteiger partial charge in [0, 0.05) is 11.1 Å². The van der Waals surface area contributed by atoms with E-state index in [2.05, 4.69) is 5.32 Å². The number of sulfonamides is 1. The van der Waals surface area contributed by atoms with Gasteiger partial charge in [-0.3, -0.25) is 4.79 Å². The maximum atomic E-state index is 11.9. The number of hydrogen-bond donors (Lipinski definition) is 2. The maximum Gasteiger partial charge on any atom is 0.251 e. The monoisotopic (exact) mass is 270 g/mol. The van der Waals surface area contributed by atoms with E-state index in [1.54, 1.807) is 0 Å². The van der Waals surface area contributed by atoms with Crippen LogP contribution in [0.1, 0.15) is 37.6 Å². The van der Waals surface area contributed by atoms with Crippen molar-refractivity contribution in [1.82, 2.24) is 5.32 Å². The second-order valence-corrected chi connectivity index (χ2v) is 6.32. The smallest absolute Gasteiger partial charge is 0.251 e. The van der Waals surface area contributed by atoms with Crippen LogP contribution in [0.15, 0.2) is 29.2 Å². The standard InChI is InChI=1S/C12H18N2O3S/c1-4-12(2,3)14-11(15)9-5-7-10(8-6-9)18(13,16)17/h5-8H,4H2,1-3H3,(H,14,15)(H2,13,16,17). The van der Waals surface area contributed by atoms with Gasteiger partial charge < -0.3 is 5.32 Å². The van der Waals surface area contributed by atoms with E-state index < -0.39 is 10.0 Å². The third-order valence-electron chi connectivity index (χ3n) is 2.78. The molecular weight excluding hydrogens is 252 g/mol. The average molecular weight is 270 g/mol. The molecule has 1 aromatic carbocycles. The molecule has 0 aliphatic heterocycles. The summed E-state index contributed by atoms with van der Waals surface area (Å²) in [6.07, 6.45) is 0.800. The fourth-order valence-electron chi connectivity index (χ4n) is 1.26. The van der Waals surface area contributed by atoms with E-state index in [-0.39, 0.29) is 16.3 Å². The van der Waals surface area contributed by atoms with Crippen molar-refractivity contribution in [2.45, 2.75) is 37.6 Å². The minimum Gasteiger partial charge on any atom is -0.347 e. The highest BCUT2D eigenvalue weighted by molar-refractivity contribution is 7.89. The zero-order valence-corrected chi connectivity index (χ0v) is 11.5. The zero-order chi connectivity index (χ0) is 14.0. The van der Waals surface area contributed by atoms with Crippen molar-refractivity contribution in [2.24, 2.45) is 5.14 Å². The molecule has 0 saturated heterocycles. The van der Waals surface area contributed by atoms with Crippen LogP contribution in [0.5, 0.6) is 0 Å². The second-order valence-electron chi connectivity index (χ2n) is 4.76. The number of nitrogens with one attached hydrogen (secondary N) is 1. The topological polar surface area (TPSA) is 89.3 Å². The molecule has 1 aromatic rings. The van der Waals surface area contributed by atoms with Crippen LogP contribution in [-0.2, 0) is 10.0 Å². The van der Waals surface area contributed by atoms with E-state index in [4.69, 9.17) is 5.14 Å². The Morgan fingerprint density at radius 1 is 1.28 bits per heavy atom. The highest BCUT2D eigenvalue weighted by atomic mass is 32.2. The molecule has 18 heavy (non-hydrogen) atoms. The van der Waals surface area contributed by atoms with E-state index in [0.717, 1.165) is 6.42 Å². The summed E-state index contributed by atoms with van der Waals surface area (Å²) in [4.78, 5) is 11.9. The number of carbonyl (C=O) groups excluding carboxylic acids is 1. The first kappa shape index (κ1) is 14.7. The van der Waals surface area contributed by atoms with Crippen molar-refractivity contribution in [3.8, 4) is 0 Å². The Labute approximate surface area is 107 Å². The molecule has 0 aliphatic rings. The number of carbonyl (C=O) groups is 1. The molecule has 0 aliphatic carbocycles. The van der Waals surface area contributed by atoms with E-state index in [1.807, 2.05) is 20.8 Å². The predicted octanol–water partition coefficient (Wildman–Crippen LogP) is 1.25. The summed E-state index contributed by atoms with van der Waals surface area (Å²) in [5.41, 5.74) is 0.110. The van der Waals surface area contributed by atoms with Crippen molar-refractivity contribution >= 4 is 15.9 Å². The summed E-state index contributed by atoms with van der Waals surface area (Å²) >= 11 is 0. The van der Waals surface area contributed by atoms with Gasteiger partial charge in [0.2, 0.25) is 10.0 Å². The van der Waals surface area contributed by atoms with Crippen molar-refractivity contribution < 1.29 is 13.2 Å². The lowest BCUT2D eigenvalue weighted by molar-refractivity contribution is 0.0911. The normalized spacial score (nSPS) is 12.2. The molecule has 0 spiro atoms. The first-order valence-corrected chi connectivity index (χ1v) is 7.16. The van der Waals surface area contributed by atoms with Gasteiger partial charge >= 0.3 is 0 Å². The lowest BCUT2D eigenvalue weighted by Gasteiger charge is -2.24. The molecule has 0 saturated carbocycles. The minimum absolute atomic E-state index is 0.00574. The minimum atomic E-state index is -3.72. The summed E-state index contributed by atoms with van der Waals surface area (Å²) in [5, 5.41) is 7.84. The summed E-state index contributed by atoms with van der Waals surface area (Å²) in [6.45, 7) is 5.82. The highest BCUT2D eigenvalue weighted by Gasteiger charge is 2.19. The van der Waals surface area contributed by atoms with E-state index in [1.165, 1.54) is 24.3 Å². The predicted molar refractivity (Wildman–Crippen MR) is 69.7 cm³/mol. The molecule has 3 N–H and O–H groups in total. The second kappa shape index (κ2) is 5.07. The van der Waals surface area contributed by atoms with Gasteiger partial charge in [0.25, 0.3) is 5.91 Å². The Morgan fingerprint density at radius 3 is 2.17 bits per heavy atom. The molecule has 0 aromatic heterocycles. The van der Waals surface area contributed by atoms with Crippen LogP contribution in [0.3, 0.4) is 0 Å². The van der Waals surface area contributed by atoms with Crippen LogP contribution in [0.2, 0.25) is 0 Å². The van der Waals surface area contributed by atoms with Crippen LogP contribution in [0, 0.1) is 0 Å². The molecule has 0 fully saturated rings. The third kappa shape index (κ3) is 3.82. The molecule has 0 heterocycles. The van der Waals surface area contributed by atoms with Crippen molar-refractivity contribution in [3.05, 3.63) is 29.8 Å². The van der Waals surface area contributed by atoms with Crippen LogP contribution >= 0.6 is 0 Å². The molecule has 0 atom stereocenters. The van der Waals surface area contributed by atoms with E-state index in [0.29, 0.717) is 5.56 Å². The fourth-order valence-corrected chi connectivity index (χ4v) is 1.78. The molecule has 6 heteroatoms. The molecule has 1 rings (SSSR count). The van der Waals surface area contributed by atoms with Crippen molar-refractivity contribution in [1.29, 1.82) is 0 Å². The van der Waals surface area contributed by atoms with Crippen LogP contribution < -0.4 is 10.5 Å². The Balaban J connectivity index is 2.90. The molecular formula is C12H18N2O3S. The molecule has 0 radical (unpaired) electrons. The summed E-state index contributed by atoms with van der Waals surface area (Å²) in [5.74, 6) is -0.234. The van der Waals surface area contributed by atoms with Gasteiger partial charge in [-0.2, -0.15) is 0 Å². The van der Waals surface area contributed by atoms with Crippen LogP contribution in [-0.4, -0.2) is 19.9 Å². The lowest BCUT2D eigenvalue weighted by Crippen LogP contribution is -2.42. The van der Waals surface area contributed by atoms with Crippen LogP contribution in [0.4, 0.5) is 0 Å². The number of rotatable bonds is 4. The van der Waals surface area contributed by atoms with Crippen molar-refractivity contribution in [2.75, 3.05) is 0 Å². The first-order valence-electron chi connectivity index (χ1n) is 5.61. The average Bonchev–Trinajstić information content (AvgIpc) is 2.27. The lowest BCUT2D eigenvalue weighted by atomic mass is 10.0. The number of benzene rings is 1. The number of hydrogen-bond acceptors (Lipinski definition) is 3. The summed E-state index contributed by atoms with van der Waals surface area (Å²) in [6, 6.07) is 5.54. The fraction of sp³-hybridized carbons (Fsp3) is 0.417. The van der Waals surface area contributed by atoms with Gasteiger partial charge in [0.15, 0.2) is 0 Å². The number of nitrogens with two attached hydrogens (primary N) is 1. The molecule has 5 nitrogen and oxygen atoms in total. The molecule has 100 valence electrons. The first-order chi connectivity index (χ1) is 8.15. The van der Waals surface area contributed by atoms with Gasteiger partial charge in [-0.15, -0.1) is 0 Å². The Bertz CT molecular complexity index is 533. The zero-order valence-electron chi connectivity index (χ0n) is 10.7. The molecule has 0 unspecified atom stereocenters. The number of amides is 1. The molecule has 1 amide bonds. The third-order valence-corrected chi connectivity index (χ3v) is 3.71. The van der Waals surface area contributed by atoms with Gasteiger partial charge in [-0.05, 0) is 44.5 Å². The van der Waals surface area contributed by atoms with E-state index >= 15 is 0 Å². The van der Waals surface area contributed by atoms with Gasteiger partial charge in [0.1, 0.15) is 0 Å². The highest BCUT2D eigenvalue weighted by Crippen LogP contribution is 2.12. The maximum absolute atomic E-state index is 11.9. The van der Waals surface area contributed by atoms with E-state index in [9.17, 15) is 13.2 Å². The Morgan fingerprint density at radius 2 is 1.78 bits per heavy atom. The molecule has 0 bridgehead atoms. The summed E-state index contributed by atoms with van der Waals surface area (Å²) in [7, 11) is -3.72. The van der Waals surface area contributed by atoms with Crippen molar-refractivity contribution in [3.63, 3.8) is 0 Å². The Kier molecular flexibility index (Phi) is 4.13. The van der Waals surface area contributed by atoms with Gasteiger partial charge in [-0.25, -0.2) is 13.6 Å². The largest absolute Gasteiger partial charge is 0.347 e. The van der Waals surface area contributed by atoms with Gasteiger partial charge in [-0.1, -0.05) is 6.92 Å². The summed E-state index contributed by atoms with van der Waals surface area (Å²) < 4.78 is 22.1. The van der Waals surface area contributed by atoms with Gasteiger partial charge in [0.05, 0.1) is 4.90 Å². The quantitative estimate of drug-likeness (QED) is 0.863. The number of primary sulfonamides is 1. The SMILES string of the molecule is CCC(C)(C)NC(=O)c1ccc(S(N)(=O)=O)cc1. The van der Waals surface area contributed by atoms with Crippen LogP contribution in [0.25, 0.3) is 0 Å². The Hall–Kier alpha value is -1.40.